The predicted octanol–water partition coefficient (Wildman–Crippen LogP) is 3.01. The van der Waals surface area contributed by atoms with Crippen molar-refractivity contribution < 1.29 is 4.74 Å². The highest BCUT2D eigenvalue weighted by molar-refractivity contribution is 7.03. The van der Waals surface area contributed by atoms with Crippen LogP contribution in [-0.4, -0.2) is 21.7 Å². The topological polar surface area (TPSA) is 47.0 Å². The molecule has 1 aliphatic carbocycles. The molecule has 0 radical (unpaired) electrons. The Bertz CT molecular complexity index is 556. The van der Waals surface area contributed by atoms with Gasteiger partial charge in [-0.1, -0.05) is 48.7 Å². The largest absolute Gasteiger partial charge is 0.373 e. The van der Waals surface area contributed by atoms with Crippen molar-refractivity contribution in [1.29, 1.82) is 0 Å². The molecule has 1 saturated carbocycles. The van der Waals surface area contributed by atoms with E-state index in [4.69, 9.17) is 4.74 Å². The van der Waals surface area contributed by atoms with Crippen LogP contribution in [0.1, 0.15) is 31.5 Å². The molecule has 1 aromatic heterocycles. The van der Waals surface area contributed by atoms with E-state index in [0.29, 0.717) is 18.8 Å². The van der Waals surface area contributed by atoms with E-state index in [1.165, 1.54) is 17.1 Å². The molecule has 0 spiro atoms. The van der Waals surface area contributed by atoms with Crippen LogP contribution in [0.25, 0.3) is 0 Å². The second kappa shape index (κ2) is 6.22. The third-order valence-corrected chi connectivity index (χ3v) is 4.96. The average Bonchev–Trinajstić information content (AvgIpc) is 3.00. The Morgan fingerprint density at radius 1 is 1.33 bits per heavy atom. The fourth-order valence-corrected chi connectivity index (χ4v) is 3.23. The first-order chi connectivity index (χ1) is 10.2. The second-order valence-electron chi connectivity index (χ2n) is 6.17. The van der Waals surface area contributed by atoms with Gasteiger partial charge >= 0.3 is 0 Å². The van der Waals surface area contributed by atoms with Crippen LogP contribution in [-0.2, 0) is 17.9 Å². The van der Waals surface area contributed by atoms with Gasteiger partial charge in [0.1, 0.15) is 0 Å². The van der Waals surface area contributed by atoms with Crippen LogP contribution in [0, 0.1) is 5.41 Å². The summed E-state index contributed by atoms with van der Waals surface area (Å²) in [6.45, 7) is 6.01. The minimum Gasteiger partial charge on any atom is -0.373 e. The minimum atomic E-state index is 0.151. The molecule has 0 bridgehead atoms. The summed E-state index contributed by atoms with van der Waals surface area (Å²) >= 11 is 1.40. The number of aromatic nitrogens is 2. The van der Waals surface area contributed by atoms with Crippen molar-refractivity contribution in [3.63, 3.8) is 0 Å². The van der Waals surface area contributed by atoms with E-state index < -0.39 is 0 Å². The number of nitrogens with zero attached hydrogens (tertiary/aromatic N) is 2. The summed E-state index contributed by atoms with van der Waals surface area (Å²) in [5, 5.41) is 9.62. The van der Waals surface area contributed by atoms with Crippen molar-refractivity contribution >= 4 is 11.5 Å². The van der Waals surface area contributed by atoms with Gasteiger partial charge in [-0.2, -0.15) is 0 Å². The van der Waals surface area contributed by atoms with Crippen molar-refractivity contribution in [2.24, 2.45) is 5.41 Å². The Kier molecular flexibility index (Phi) is 4.33. The summed E-state index contributed by atoms with van der Waals surface area (Å²) in [6, 6.07) is 10.8. The molecule has 0 saturated heterocycles. The lowest BCUT2D eigenvalue weighted by Crippen LogP contribution is -2.60. The lowest BCUT2D eigenvalue weighted by molar-refractivity contribution is -0.125. The van der Waals surface area contributed by atoms with E-state index in [9.17, 15) is 0 Å². The van der Waals surface area contributed by atoms with Gasteiger partial charge in [-0.05, 0) is 23.5 Å². The van der Waals surface area contributed by atoms with Crippen molar-refractivity contribution in [3.05, 3.63) is 47.0 Å². The first-order valence-corrected chi connectivity index (χ1v) is 8.15. The number of hydrogen-bond acceptors (Lipinski definition) is 5. The zero-order valence-electron chi connectivity index (χ0n) is 12.5. The molecule has 1 N–H and O–H groups in total. The maximum absolute atomic E-state index is 6.08. The van der Waals surface area contributed by atoms with Gasteiger partial charge in [0.25, 0.3) is 0 Å². The second-order valence-corrected chi connectivity index (χ2v) is 6.78. The van der Waals surface area contributed by atoms with Crippen molar-refractivity contribution in [1.82, 2.24) is 14.9 Å². The minimum absolute atomic E-state index is 0.151. The monoisotopic (exact) mass is 303 g/mol. The van der Waals surface area contributed by atoms with E-state index in [-0.39, 0.29) is 5.41 Å². The summed E-state index contributed by atoms with van der Waals surface area (Å²) in [5.41, 5.74) is 2.40. The Morgan fingerprint density at radius 3 is 2.81 bits per heavy atom. The van der Waals surface area contributed by atoms with Gasteiger partial charge in [0.2, 0.25) is 0 Å². The van der Waals surface area contributed by atoms with Gasteiger partial charge < -0.3 is 10.1 Å². The number of hydrogen-bond donors (Lipinski definition) is 1. The molecule has 0 amide bonds. The fourth-order valence-electron chi connectivity index (χ4n) is 2.77. The SMILES string of the molecule is CC1(C)[C@@H](OCc2ccccc2)C[C@H]1NCc1csnn1. The zero-order valence-corrected chi connectivity index (χ0v) is 13.3. The lowest BCUT2D eigenvalue weighted by atomic mass is 9.64. The quantitative estimate of drug-likeness (QED) is 0.891. The molecule has 112 valence electrons. The van der Waals surface area contributed by atoms with Gasteiger partial charge in [-0.3, -0.25) is 0 Å². The van der Waals surface area contributed by atoms with E-state index >= 15 is 0 Å². The van der Waals surface area contributed by atoms with E-state index in [0.717, 1.165) is 18.7 Å². The van der Waals surface area contributed by atoms with Gasteiger partial charge in [-0.15, -0.1) is 5.10 Å². The molecule has 2 aromatic rings. The van der Waals surface area contributed by atoms with Gasteiger partial charge in [0.15, 0.2) is 0 Å². The van der Waals surface area contributed by atoms with Gasteiger partial charge in [0.05, 0.1) is 18.4 Å². The Hall–Kier alpha value is -1.30. The third-order valence-electron chi connectivity index (χ3n) is 4.41. The first-order valence-electron chi connectivity index (χ1n) is 7.31. The molecule has 0 aliphatic heterocycles. The van der Waals surface area contributed by atoms with Gasteiger partial charge in [-0.25, -0.2) is 0 Å². The Balaban J connectivity index is 1.47. The molecule has 4 nitrogen and oxygen atoms in total. The van der Waals surface area contributed by atoms with Crippen LogP contribution in [0.15, 0.2) is 35.7 Å². The number of ether oxygens (including phenoxy) is 1. The van der Waals surface area contributed by atoms with Gasteiger partial charge in [0, 0.05) is 23.4 Å². The van der Waals surface area contributed by atoms with Crippen molar-refractivity contribution in [3.8, 4) is 0 Å². The lowest BCUT2D eigenvalue weighted by Gasteiger charge is -2.52. The molecular formula is C16H21N3OS. The Labute approximate surface area is 129 Å². The Morgan fingerprint density at radius 2 is 2.14 bits per heavy atom. The molecule has 1 aromatic carbocycles. The molecule has 1 fully saturated rings. The summed E-state index contributed by atoms with van der Waals surface area (Å²) < 4.78 is 9.97. The summed E-state index contributed by atoms with van der Waals surface area (Å²) in [6.07, 6.45) is 1.36. The summed E-state index contributed by atoms with van der Waals surface area (Å²) in [7, 11) is 0. The molecule has 5 heteroatoms. The maximum atomic E-state index is 6.08. The van der Waals surface area contributed by atoms with Crippen LogP contribution in [0.3, 0.4) is 0 Å². The van der Waals surface area contributed by atoms with Crippen LogP contribution >= 0.6 is 11.5 Å². The normalized spacial score (nSPS) is 23.7. The highest BCUT2D eigenvalue weighted by Gasteiger charge is 2.48. The molecule has 2 atom stereocenters. The van der Waals surface area contributed by atoms with Crippen molar-refractivity contribution in [2.45, 2.75) is 45.6 Å². The zero-order chi connectivity index (χ0) is 14.7. The molecule has 3 rings (SSSR count). The van der Waals surface area contributed by atoms with Crippen molar-refractivity contribution in [2.75, 3.05) is 0 Å². The molecule has 0 unspecified atom stereocenters. The summed E-state index contributed by atoms with van der Waals surface area (Å²) in [4.78, 5) is 0. The third kappa shape index (κ3) is 3.31. The molecule has 21 heavy (non-hydrogen) atoms. The van der Waals surface area contributed by atoms with E-state index in [2.05, 4.69) is 53.0 Å². The van der Waals surface area contributed by atoms with E-state index in [1.807, 2.05) is 11.4 Å². The van der Waals surface area contributed by atoms with Crippen LogP contribution in [0.4, 0.5) is 0 Å². The average molecular weight is 303 g/mol. The van der Waals surface area contributed by atoms with Crippen LogP contribution in [0.5, 0.6) is 0 Å². The van der Waals surface area contributed by atoms with E-state index in [1.54, 1.807) is 0 Å². The van der Waals surface area contributed by atoms with Crippen LogP contribution < -0.4 is 5.32 Å². The smallest absolute Gasteiger partial charge is 0.0893 e. The standard InChI is InChI=1S/C16H21N3OS/c1-16(2)14(17-9-13-11-21-19-18-13)8-15(16)20-10-12-6-4-3-5-7-12/h3-7,11,14-15,17H,8-10H2,1-2H3/t14-,15+/m1/s1. The molecule has 1 aliphatic rings. The molecule has 1 heterocycles. The number of nitrogens with one attached hydrogen (secondary N) is 1. The first kappa shape index (κ1) is 14.6. The number of rotatable bonds is 6. The summed E-state index contributed by atoms with van der Waals surface area (Å²) in [5.74, 6) is 0. The fraction of sp³-hybridized carbons (Fsp3) is 0.500. The number of benzene rings is 1. The highest BCUT2D eigenvalue weighted by Crippen LogP contribution is 2.43. The predicted molar refractivity (Wildman–Crippen MR) is 84.0 cm³/mol. The maximum Gasteiger partial charge on any atom is 0.0893 e. The van der Waals surface area contributed by atoms with Crippen LogP contribution in [0.2, 0.25) is 0 Å². The highest BCUT2D eigenvalue weighted by atomic mass is 32.1. The molecular weight excluding hydrogens is 282 g/mol.